The first kappa shape index (κ1) is 24.2. The number of unbranched alkanes of at least 4 members (excludes halogenated alkanes) is 3. The van der Waals surface area contributed by atoms with E-state index in [2.05, 4.69) is 27.3 Å². The summed E-state index contributed by atoms with van der Waals surface area (Å²) < 4.78 is 7.65. The predicted molar refractivity (Wildman–Crippen MR) is 138 cm³/mol. The summed E-state index contributed by atoms with van der Waals surface area (Å²) in [7, 11) is 0. The number of hydrogen-bond acceptors (Lipinski definition) is 6. The minimum Gasteiger partial charge on any atom is -0.494 e. The number of amides is 1. The summed E-state index contributed by atoms with van der Waals surface area (Å²) in [6, 6.07) is 9.34. The Morgan fingerprint density at radius 1 is 1.14 bits per heavy atom. The van der Waals surface area contributed by atoms with Crippen LogP contribution in [0, 0.1) is 5.92 Å². The maximum Gasteiger partial charge on any atom is 0.275 e. The summed E-state index contributed by atoms with van der Waals surface area (Å²) in [5.41, 5.74) is 1.82. The largest absolute Gasteiger partial charge is 0.494 e. The van der Waals surface area contributed by atoms with Crippen molar-refractivity contribution in [2.45, 2.75) is 52.0 Å². The number of ether oxygens (including phenoxy) is 1. The number of rotatable bonds is 11. The predicted octanol–water partition coefficient (Wildman–Crippen LogP) is 5.64. The number of nitrogens with one attached hydrogen (secondary N) is 1. The molecule has 0 spiro atoms. The van der Waals surface area contributed by atoms with Crippen LogP contribution in [0.2, 0.25) is 5.02 Å². The zero-order valence-corrected chi connectivity index (χ0v) is 21.0. The number of H-pyrrole nitrogens is 1. The summed E-state index contributed by atoms with van der Waals surface area (Å²) in [6.07, 6.45) is 8.69. The first-order valence-corrected chi connectivity index (χ1v) is 12.9. The Balaban J connectivity index is 1.47. The maximum atomic E-state index is 13.3. The van der Waals surface area contributed by atoms with E-state index in [-0.39, 0.29) is 18.1 Å². The second-order valence-corrected chi connectivity index (χ2v) is 9.70. The average Bonchev–Trinajstić information content (AvgIpc) is 3.47. The molecule has 2 aromatic heterocycles. The molecule has 1 aliphatic heterocycles. The molecule has 0 bridgehead atoms. The van der Waals surface area contributed by atoms with Gasteiger partial charge in [-0.3, -0.25) is 14.3 Å². The van der Waals surface area contributed by atoms with E-state index < -0.39 is 5.56 Å². The van der Waals surface area contributed by atoms with Gasteiger partial charge in [-0.2, -0.15) is 15.2 Å². The van der Waals surface area contributed by atoms with Gasteiger partial charge in [-0.05, 0) is 61.1 Å². The third-order valence-corrected chi connectivity index (χ3v) is 6.64. The van der Waals surface area contributed by atoms with Gasteiger partial charge in [0.05, 0.1) is 11.6 Å². The molecule has 1 aliphatic carbocycles. The van der Waals surface area contributed by atoms with Crippen LogP contribution in [-0.2, 0) is 11.3 Å². The smallest absolute Gasteiger partial charge is 0.275 e. The molecular weight excluding hydrogens is 480 g/mol. The Labute approximate surface area is 214 Å². The van der Waals surface area contributed by atoms with E-state index in [1.807, 2.05) is 24.3 Å². The Morgan fingerprint density at radius 3 is 2.64 bits per heavy atom. The number of anilines is 1. The summed E-state index contributed by atoms with van der Waals surface area (Å²) in [4.78, 5) is 28.6. The van der Waals surface area contributed by atoms with Gasteiger partial charge in [0.1, 0.15) is 23.7 Å². The van der Waals surface area contributed by atoms with Crippen LogP contribution in [0.15, 0.2) is 51.7 Å². The van der Waals surface area contributed by atoms with Gasteiger partial charge in [-0.1, -0.05) is 43.0 Å². The van der Waals surface area contributed by atoms with Crippen molar-refractivity contribution in [1.29, 1.82) is 0 Å². The van der Waals surface area contributed by atoms with Crippen molar-refractivity contribution in [3.05, 3.63) is 51.9 Å². The zero-order valence-electron chi connectivity index (χ0n) is 20.2. The van der Waals surface area contributed by atoms with E-state index >= 15 is 0 Å². The molecule has 9 nitrogen and oxygen atoms in total. The van der Waals surface area contributed by atoms with Crippen LogP contribution in [0.4, 0.5) is 5.69 Å². The molecule has 1 aromatic carbocycles. The van der Waals surface area contributed by atoms with Crippen LogP contribution in [-0.4, -0.2) is 33.8 Å². The molecule has 188 valence electrons. The molecule has 36 heavy (non-hydrogen) atoms. The lowest BCUT2D eigenvalue weighted by Gasteiger charge is -2.15. The van der Waals surface area contributed by atoms with Gasteiger partial charge in [0, 0.05) is 24.0 Å². The van der Waals surface area contributed by atoms with Crippen molar-refractivity contribution in [2.24, 2.45) is 16.3 Å². The molecule has 2 aliphatic rings. The molecule has 1 N–H and O–H groups in total. The summed E-state index contributed by atoms with van der Waals surface area (Å²) in [6.45, 7) is 3.52. The summed E-state index contributed by atoms with van der Waals surface area (Å²) in [5.74, 6) is 0.993. The molecule has 10 heteroatoms. The van der Waals surface area contributed by atoms with Gasteiger partial charge in [0.15, 0.2) is 0 Å². The molecule has 3 heterocycles. The van der Waals surface area contributed by atoms with E-state index in [0.29, 0.717) is 34.5 Å². The minimum atomic E-state index is -0.472. The third kappa shape index (κ3) is 5.36. The lowest BCUT2D eigenvalue weighted by molar-refractivity contribution is -0.116. The van der Waals surface area contributed by atoms with Crippen LogP contribution < -0.4 is 15.3 Å². The number of halogens is 1. The number of aromatic amines is 1. The normalized spacial score (nSPS) is 15.2. The van der Waals surface area contributed by atoms with E-state index in [4.69, 9.17) is 16.3 Å². The number of aromatic nitrogens is 3. The van der Waals surface area contributed by atoms with Crippen molar-refractivity contribution in [3.8, 4) is 28.3 Å². The average molecular weight is 509 g/mol. The lowest BCUT2D eigenvalue weighted by atomic mass is 10.1. The highest BCUT2D eigenvalue weighted by Crippen LogP contribution is 2.37. The molecule has 5 rings (SSSR count). The van der Waals surface area contributed by atoms with Crippen LogP contribution in [0.3, 0.4) is 0 Å². The third-order valence-electron chi connectivity index (χ3n) is 6.36. The molecule has 1 saturated carbocycles. The lowest BCUT2D eigenvalue weighted by Crippen LogP contribution is -2.29. The fourth-order valence-corrected chi connectivity index (χ4v) is 4.48. The number of nitrogens with zero attached hydrogens (tertiary/aromatic N) is 5. The second-order valence-electron chi connectivity index (χ2n) is 9.29. The summed E-state index contributed by atoms with van der Waals surface area (Å²) in [5, 5.41) is 13.8. The molecule has 1 amide bonds. The van der Waals surface area contributed by atoms with E-state index in [9.17, 15) is 9.59 Å². The zero-order chi connectivity index (χ0) is 25.1. The number of carbonyl (C=O) groups is 1. The van der Waals surface area contributed by atoms with Gasteiger partial charge in [-0.15, -0.1) is 0 Å². The van der Waals surface area contributed by atoms with Crippen molar-refractivity contribution < 1.29 is 9.53 Å². The minimum absolute atomic E-state index is 0.0654. The second kappa shape index (κ2) is 10.7. The Bertz CT molecular complexity index is 1330. The highest BCUT2D eigenvalue weighted by atomic mass is 35.5. The standard InChI is InChI=1S/C26H29ClN6O3/c1-2-3-4-5-12-36-19-10-8-18(9-11-19)22-13-20(24-21(27)16-32(30-24)15-17-6-7-17)25(26(35)29-22)33-23(34)14-28-31-33/h8-11,13,16-17H,2-7,12,14-15H2,1H3,(H,29,35). The van der Waals surface area contributed by atoms with Crippen LogP contribution >= 0.6 is 11.6 Å². The van der Waals surface area contributed by atoms with Crippen molar-refractivity contribution in [3.63, 3.8) is 0 Å². The van der Waals surface area contributed by atoms with E-state index in [0.717, 1.165) is 35.7 Å². The molecule has 0 saturated heterocycles. The number of carbonyl (C=O) groups excluding carboxylic acids is 1. The molecular formula is C26H29ClN6O3. The van der Waals surface area contributed by atoms with Crippen molar-refractivity contribution >= 4 is 23.2 Å². The van der Waals surface area contributed by atoms with E-state index in [1.54, 1.807) is 16.9 Å². The SMILES string of the molecule is CCCCCCOc1ccc(-c2cc(-c3nn(CC4CC4)cc3Cl)c(N3N=NCC3=O)c(=O)[nH]2)cc1. The molecule has 0 unspecified atom stereocenters. The van der Waals surface area contributed by atoms with Gasteiger partial charge in [-0.25, -0.2) is 0 Å². The summed E-state index contributed by atoms with van der Waals surface area (Å²) >= 11 is 6.58. The van der Waals surface area contributed by atoms with Crippen LogP contribution in [0.1, 0.15) is 45.4 Å². The van der Waals surface area contributed by atoms with Crippen molar-refractivity contribution in [2.75, 3.05) is 18.2 Å². The number of benzene rings is 1. The first-order valence-electron chi connectivity index (χ1n) is 12.5. The van der Waals surface area contributed by atoms with Crippen LogP contribution in [0.5, 0.6) is 5.75 Å². The molecule has 3 aromatic rings. The van der Waals surface area contributed by atoms with Gasteiger partial charge < -0.3 is 9.72 Å². The van der Waals surface area contributed by atoms with E-state index in [1.165, 1.54) is 25.7 Å². The molecule has 0 atom stereocenters. The van der Waals surface area contributed by atoms with Crippen LogP contribution in [0.25, 0.3) is 22.5 Å². The number of pyridine rings is 1. The highest BCUT2D eigenvalue weighted by Gasteiger charge is 2.30. The Hall–Kier alpha value is -3.46. The monoisotopic (exact) mass is 508 g/mol. The fourth-order valence-electron chi connectivity index (χ4n) is 4.23. The molecule has 0 radical (unpaired) electrons. The highest BCUT2D eigenvalue weighted by molar-refractivity contribution is 6.33. The first-order chi connectivity index (χ1) is 17.5. The Morgan fingerprint density at radius 2 is 1.94 bits per heavy atom. The van der Waals surface area contributed by atoms with Gasteiger partial charge >= 0.3 is 0 Å². The number of hydrogen-bond donors (Lipinski definition) is 1. The van der Waals surface area contributed by atoms with Crippen molar-refractivity contribution in [1.82, 2.24) is 14.8 Å². The maximum absolute atomic E-state index is 13.3. The molecule has 1 fully saturated rings. The fraction of sp³-hybridized carbons (Fsp3) is 0.423. The Kier molecular flexibility index (Phi) is 7.18. The van der Waals surface area contributed by atoms with Gasteiger partial charge in [0.25, 0.3) is 11.5 Å². The quantitative estimate of drug-likeness (QED) is 0.338. The topological polar surface area (TPSA) is 105 Å². The van der Waals surface area contributed by atoms with Gasteiger partial charge in [0.2, 0.25) is 0 Å².